The second-order valence-corrected chi connectivity index (χ2v) is 10.9. The summed E-state index contributed by atoms with van der Waals surface area (Å²) in [6.45, 7) is 1.47. The van der Waals surface area contributed by atoms with Crippen molar-refractivity contribution in [2.24, 2.45) is 10.2 Å². The van der Waals surface area contributed by atoms with E-state index in [1.54, 1.807) is 0 Å². The fraction of sp³-hybridized carbons (Fsp3) is 0.0526. The number of aromatic nitrogens is 5. The van der Waals surface area contributed by atoms with Crippen molar-refractivity contribution in [3.63, 3.8) is 0 Å². The van der Waals surface area contributed by atoms with Gasteiger partial charge in [-0.25, -0.2) is 4.68 Å². The van der Waals surface area contributed by atoms with Crippen molar-refractivity contribution in [3.8, 4) is 5.69 Å². The molecular weight excluding hydrogens is 587 g/mol. The Labute approximate surface area is 223 Å². The molecule has 0 atom stereocenters. The van der Waals surface area contributed by atoms with Crippen LogP contribution in [0, 0.1) is 6.92 Å². The van der Waals surface area contributed by atoms with Gasteiger partial charge < -0.3 is 5.32 Å². The Morgan fingerprint density at radius 3 is 2.26 bits per heavy atom. The van der Waals surface area contributed by atoms with E-state index in [1.807, 2.05) is 0 Å². The zero-order valence-electron chi connectivity index (χ0n) is 18.7. The fourth-order valence-electron chi connectivity index (χ4n) is 3.12. The molecule has 0 amide bonds. The largest absolute Gasteiger partial charge is 0.324 e. The minimum atomic E-state index is -4.82. The van der Waals surface area contributed by atoms with Gasteiger partial charge in [-0.1, -0.05) is 6.07 Å². The van der Waals surface area contributed by atoms with Crippen molar-refractivity contribution in [2.45, 2.75) is 16.7 Å². The SMILES string of the molecule is Cc1[nH]n(-c2cccc(S(=O)(=O)O)c2)c(=O)c1N=Nc1ccc(Nc2nc(Cl)nc(Cl)n2)cc1S(=O)(=O)O. The van der Waals surface area contributed by atoms with E-state index in [-0.39, 0.29) is 45.0 Å². The van der Waals surface area contributed by atoms with Crippen LogP contribution in [0.2, 0.25) is 10.6 Å². The first-order chi connectivity index (χ1) is 17.7. The molecule has 0 aliphatic rings. The van der Waals surface area contributed by atoms with Gasteiger partial charge in [-0.3, -0.25) is 19.0 Å². The topological polar surface area (TPSA) is 222 Å². The van der Waals surface area contributed by atoms with Crippen LogP contribution < -0.4 is 10.9 Å². The van der Waals surface area contributed by atoms with E-state index in [0.29, 0.717) is 0 Å². The van der Waals surface area contributed by atoms with Crippen LogP contribution in [0.15, 0.2) is 67.3 Å². The second kappa shape index (κ2) is 10.2. The molecule has 2 aromatic heterocycles. The highest BCUT2D eigenvalue weighted by atomic mass is 35.5. The number of nitrogens with zero attached hydrogens (tertiary/aromatic N) is 6. The van der Waals surface area contributed by atoms with E-state index < -0.39 is 35.6 Å². The molecular formula is C19H14Cl2N8O7S2. The van der Waals surface area contributed by atoms with Crippen LogP contribution in [-0.2, 0) is 20.2 Å². The Hall–Kier alpha value is -3.74. The average Bonchev–Trinajstić information content (AvgIpc) is 3.09. The molecule has 0 aliphatic carbocycles. The third-order valence-electron chi connectivity index (χ3n) is 4.75. The lowest BCUT2D eigenvalue weighted by Gasteiger charge is -2.08. The van der Waals surface area contributed by atoms with E-state index in [9.17, 15) is 30.7 Å². The standard InChI is InChI=1S/C19H14Cl2N8O7S2/c1-9-15(16(30)29(28-9)11-3-2-4-12(8-11)37(31,32)33)27-26-13-6-5-10(7-14(13)38(34,35)36)22-19-24-17(20)23-18(21)25-19/h2-8,28H,1H3,(H,31,32,33)(H,34,35,36)(H,22,23,24,25). The highest BCUT2D eigenvalue weighted by Gasteiger charge is 2.19. The minimum Gasteiger partial charge on any atom is -0.324 e. The monoisotopic (exact) mass is 600 g/mol. The van der Waals surface area contributed by atoms with E-state index in [0.717, 1.165) is 22.9 Å². The zero-order chi connectivity index (χ0) is 27.8. The lowest BCUT2D eigenvalue weighted by atomic mass is 10.3. The van der Waals surface area contributed by atoms with Gasteiger partial charge in [-0.2, -0.15) is 31.8 Å². The first kappa shape index (κ1) is 27.3. The summed E-state index contributed by atoms with van der Waals surface area (Å²) in [4.78, 5) is 23.0. The quantitative estimate of drug-likeness (QED) is 0.177. The van der Waals surface area contributed by atoms with Gasteiger partial charge in [0.05, 0.1) is 16.3 Å². The molecule has 0 saturated heterocycles. The van der Waals surface area contributed by atoms with Gasteiger partial charge in [0.15, 0.2) is 5.69 Å². The zero-order valence-corrected chi connectivity index (χ0v) is 21.9. The number of azo groups is 1. The highest BCUT2D eigenvalue weighted by Crippen LogP contribution is 2.30. The molecule has 38 heavy (non-hydrogen) atoms. The van der Waals surface area contributed by atoms with Crippen LogP contribution in [0.5, 0.6) is 0 Å². The average molecular weight is 601 g/mol. The second-order valence-electron chi connectivity index (χ2n) is 7.38. The maximum absolute atomic E-state index is 12.9. The summed E-state index contributed by atoms with van der Waals surface area (Å²) in [6.07, 6.45) is 0. The van der Waals surface area contributed by atoms with Crippen LogP contribution in [0.3, 0.4) is 0 Å². The maximum atomic E-state index is 12.9. The first-order valence-electron chi connectivity index (χ1n) is 9.99. The number of benzene rings is 2. The molecule has 19 heteroatoms. The Bertz CT molecular complexity index is 1850. The first-order valence-corrected chi connectivity index (χ1v) is 13.6. The molecule has 0 bridgehead atoms. The molecule has 4 aromatic rings. The normalized spacial score (nSPS) is 12.2. The summed E-state index contributed by atoms with van der Waals surface area (Å²) in [5.74, 6) is -0.104. The van der Waals surface area contributed by atoms with Gasteiger partial charge in [0, 0.05) is 5.69 Å². The number of H-pyrrole nitrogens is 1. The van der Waals surface area contributed by atoms with Gasteiger partial charge >= 0.3 is 0 Å². The predicted octanol–water partition coefficient (Wildman–Crippen LogP) is 3.62. The van der Waals surface area contributed by atoms with Gasteiger partial charge in [0.1, 0.15) is 10.6 Å². The molecule has 0 aliphatic heterocycles. The molecule has 2 aromatic carbocycles. The van der Waals surface area contributed by atoms with E-state index in [4.69, 9.17) is 23.2 Å². The number of hydrogen-bond acceptors (Lipinski definition) is 11. The van der Waals surface area contributed by atoms with Crippen LogP contribution in [0.25, 0.3) is 5.69 Å². The third kappa shape index (κ3) is 6.04. The van der Waals surface area contributed by atoms with Crippen molar-refractivity contribution in [1.29, 1.82) is 0 Å². The fourth-order valence-corrected chi connectivity index (χ4v) is 4.65. The van der Waals surface area contributed by atoms with Gasteiger partial charge in [0.25, 0.3) is 25.8 Å². The Morgan fingerprint density at radius 2 is 1.63 bits per heavy atom. The summed E-state index contributed by atoms with van der Waals surface area (Å²) in [7, 11) is -9.34. The van der Waals surface area contributed by atoms with Crippen molar-refractivity contribution in [3.05, 3.63) is 69.1 Å². The van der Waals surface area contributed by atoms with Crippen molar-refractivity contribution in [1.82, 2.24) is 24.7 Å². The minimum absolute atomic E-state index is 0.0715. The molecule has 0 fully saturated rings. The number of aromatic amines is 1. The van der Waals surface area contributed by atoms with Crippen LogP contribution >= 0.6 is 23.2 Å². The Balaban J connectivity index is 1.71. The smallest absolute Gasteiger partial charge is 0.299 e. The third-order valence-corrected chi connectivity index (χ3v) is 6.82. The van der Waals surface area contributed by atoms with Gasteiger partial charge in [-0.05, 0) is 66.5 Å². The van der Waals surface area contributed by atoms with Crippen molar-refractivity contribution >= 4 is 66.4 Å². The van der Waals surface area contributed by atoms with E-state index in [2.05, 4.69) is 35.6 Å². The summed E-state index contributed by atoms with van der Waals surface area (Å²) in [5.41, 5.74) is -0.929. The Kier molecular flexibility index (Phi) is 7.33. The van der Waals surface area contributed by atoms with E-state index >= 15 is 0 Å². The molecule has 0 unspecified atom stereocenters. The van der Waals surface area contributed by atoms with Gasteiger partial charge in [-0.15, -0.1) is 10.2 Å². The number of rotatable bonds is 7. The number of aryl methyl sites for hydroxylation is 1. The summed E-state index contributed by atoms with van der Waals surface area (Å²) < 4.78 is 66.8. The number of nitrogens with one attached hydrogen (secondary N) is 2. The molecule has 198 valence electrons. The molecule has 0 spiro atoms. The summed E-state index contributed by atoms with van der Waals surface area (Å²) in [5, 5.41) is 12.6. The van der Waals surface area contributed by atoms with E-state index in [1.165, 1.54) is 31.2 Å². The molecule has 0 radical (unpaired) electrons. The van der Waals surface area contributed by atoms with Gasteiger partial charge in [0.2, 0.25) is 16.5 Å². The van der Waals surface area contributed by atoms with Crippen LogP contribution in [0.1, 0.15) is 5.69 Å². The number of hydrogen-bond donors (Lipinski definition) is 4. The number of anilines is 2. The molecule has 15 nitrogen and oxygen atoms in total. The molecule has 2 heterocycles. The lowest BCUT2D eigenvalue weighted by molar-refractivity contribution is 0.481. The predicted molar refractivity (Wildman–Crippen MR) is 135 cm³/mol. The van der Waals surface area contributed by atoms with Crippen molar-refractivity contribution < 1.29 is 25.9 Å². The maximum Gasteiger partial charge on any atom is 0.299 e. The molecule has 4 rings (SSSR count). The molecule has 4 N–H and O–H groups in total. The summed E-state index contributed by atoms with van der Waals surface area (Å²) in [6, 6.07) is 8.48. The molecule has 0 saturated carbocycles. The van der Waals surface area contributed by atoms with Crippen LogP contribution in [0.4, 0.5) is 23.0 Å². The summed E-state index contributed by atoms with van der Waals surface area (Å²) >= 11 is 11.4. The lowest BCUT2D eigenvalue weighted by Crippen LogP contribution is -2.14. The van der Waals surface area contributed by atoms with Crippen LogP contribution in [-0.4, -0.2) is 50.7 Å². The van der Waals surface area contributed by atoms with Crippen molar-refractivity contribution in [2.75, 3.05) is 5.32 Å². The Morgan fingerprint density at radius 1 is 0.947 bits per heavy atom. The highest BCUT2D eigenvalue weighted by molar-refractivity contribution is 7.86. The number of halogens is 2.